The molecule has 0 saturated carbocycles. The molecule has 5 heteroatoms. The first-order valence-electron chi connectivity index (χ1n) is 10.8. The summed E-state index contributed by atoms with van der Waals surface area (Å²) in [5.74, 6) is 0. The summed E-state index contributed by atoms with van der Waals surface area (Å²) in [6.45, 7) is 1.90. The zero-order chi connectivity index (χ0) is 23.7. The number of halogens is 1. The summed E-state index contributed by atoms with van der Waals surface area (Å²) in [5, 5.41) is 23.3. The highest BCUT2D eigenvalue weighted by molar-refractivity contribution is 6.30. The van der Waals surface area contributed by atoms with Gasteiger partial charge < -0.3 is 5.11 Å². The lowest BCUT2D eigenvalue weighted by Crippen LogP contribution is -2.29. The molecule has 1 atom stereocenters. The van der Waals surface area contributed by atoms with Crippen LogP contribution in [0.1, 0.15) is 28.1 Å². The highest BCUT2D eigenvalue weighted by Gasteiger charge is 2.34. The monoisotopic (exact) mass is 461 g/mol. The molecule has 0 aliphatic rings. The maximum atomic E-state index is 12.2. The summed E-state index contributed by atoms with van der Waals surface area (Å²) in [5.41, 5.74) is 3.98. The molecule has 2 heterocycles. The molecular weight excluding hydrogens is 442 g/mol. The Bertz CT molecular complexity index is 1540. The average Bonchev–Trinajstić information content (AvgIpc) is 2.88. The Morgan fingerprint density at radius 3 is 2.32 bits per heavy atom. The van der Waals surface area contributed by atoms with Gasteiger partial charge in [-0.15, -0.1) is 0 Å². The summed E-state index contributed by atoms with van der Waals surface area (Å²) in [6.07, 6.45) is 1.69. The predicted octanol–water partition coefficient (Wildman–Crippen LogP) is 6.41. The molecule has 0 amide bonds. The normalized spacial score (nSPS) is 12.8. The van der Waals surface area contributed by atoms with E-state index in [1.54, 1.807) is 18.3 Å². The van der Waals surface area contributed by atoms with Crippen LogP contribution in [0.25, 0.3) is 22.0 Å². The third kappa shape index (κ3) is 3.82. The fourth-order valence-corrected chi connectivity index (χ4v) is 4.41. The van der Waals surface area contributed by atoms with Crippen LogP contribution in [0.2, 0.25) is 5.02 Å². The highest BCUT2D eigenvalue weighted by atomic mass is 35.5. The molecule has 0 fully saturated rings. The molecule has 0 bridgehead atoms. The molecule has 3 aromatic carbocycles. The van der Waals surface area contributed by atoms with E-state index < -0.39 is 5.60 Å². The minimum atomic E-state index is -1.49. The average molecular weight is 462 g/mol. The van der Waals surface area contributed by atoms with Crippen LogP contribution < -0.4 is 0 Å². The smallest absolute Gasteiger partial charge is 0.149 e. The van der Waals surface area contributed by atoms with E-state index in [2.05, 4.69) is 16.0 Å². The Hall–Kier alpha value is -4.04. The number of hydrogen-bond donors (Lipinski definition) is 1. The fourth-order valence-electron chi connectivity index (χ4n) is 4.22. The number of fused-ring (bicyclic) bond motifs is 1. The maximum Gasteiger partial charge on any atom is 0.149 e. The summed E-state index contributed by atoms with van der Waals surface area (Å²) in [4.78, 5) is 9.00. The molecule has 5 aromatic rings. The van der Waals surface area contributed by atoms with Crippen molar-refractivity contribution in [3.8, 4) is 17.2 Å². The topological polar surface area (TPSA) is 69.8 Å². The summed E-state index contributed by atoms with van der Waals surface area (Å²) >= 11 is 6.30. The van der Waals surface area contributed by atoms with E-state index in [-0.39, 0.29) is 0 Å². The van der Waals surface area contributed by atoms with Gasteiger partial charge in [0.15, 0.2) is 0 Å². The van der Waals surface area contributed by atoms with E-state index in [4.69, 9.17) is 11.6 Å². The van der Waals surface area contributed by atoms with Crippen LogP contribution in [0.3, 0.4) is 0 Å². The molecule has 1 N–H and O–H groups in total. The van der Waals surface area contributed by atoms with Crippen LogP contribution in [0, 0.1) is 18.3 Å². The van der Waals surface area contributed by atoms with E-state index in [9.17, 15) is 10.4 Å². The molecule has 34 heavy (non-hydrogen) atoms. The standard InChI is InChI=1S/C29H20ClN3O/c1-19-10-11-24(18-32-19)29(34,22-8-5-9-25(30)16-22)23-12-13-27-21(14-23)15-26(28(17-31)33-27)20-6-3-2-4-7-20/h2-16,18,34H,1H3. The van der Waals surface area contributed by atoms with Crippen molar-refractivity contribution in [2.24, 2.45) is 0 Å². The Kier molecular flexibility index (Phi) is 5.59. The number of aryl methyl sites for hydroxylation is 1. The van der Waals surface area contributed by atoms with Gasteiger partial charge in [0.05, 0.1) is 5.52 Å². The number of rotatable bonds is 4. The van der Waals surface area contributed by atoms with Crippen LogP contribution in [0.15, 0.2) is 97.2 Å². The number of nitrogens with zero attached hydrogens (tertiary/aromatic N) is 3. The molecule has 0 radical (unpaired) electrons. The summed E-state index contributed by atoms with van der Waals surface area (Å²) < 4.78 is 0. The summed E-state index contributed by atoms with van der Waals surface area (Å²) in [7, 11) is 0. The first kappa shape index (κ1) is 21.8. The van der Waals surface area contributed by atoms with Gasteiger partial charge in [-0.25, -0.2) is 4.98 Å². The quantitative estimate of drug-likeness (QED) is 0.335. The molecule has 2 aromatic heterocycles. The van der Waals surface area contributed by atoms with Crippen molar-refractivity contribution in [3.63, 3.8) is 0 Å². The van der Waals surface area contributed by atoms with Gasteiger partial charge in [0, 0.05) is 33.4 Å². The first-order chi connectivity index (χ1) is 16.5. The van der Waals surface area contributed by atoms with E-state index in [0.717, 1.165) is 22.2 Å². The second kappa shape index (κ2) is 8.72. The van der Waals surface area contributed by atoms with Gasteiger partial charge >= 0.3 is 0 Å². The Labute approximate surface area is 202 Å². The van der Waals surface area contributed by atoms with Gasteiger partial charge in [0.25, 0.3) is 0 Å². The number of aromatic nitrogens is 2. The highest BCUT2D eigenvalue weighted by Crippen LogP contribution is 2.39. The number of nitriles is 1. The Morgan fingerprint density at radius 1 is 0.853 bits per heavy atom. The number of benzene rings is 3. The lowest BCUT2D eigenvalue weighted by atomic mass is 9.80. The molecule has 4 nitrogen and oxygen atoms in total. The molecule has 1 unspecified atom stereocenters. The number of pyridine rings is 2. The molecule has 0 aliphatic heterocycles. The predicted molar refractivity (Wildman–Crippen MR) is 134 cm³/mol. The van der Waals surface area contributed by atoms with Gasteiger partial charge in [0.2, 0.25) is 0 Å². The minimum Gasteiger partial charge on any atom is -0.376 e. The van der Waals surface area contributed by atoms with Gasteiger partial charge in [-0.05, 0) is 60.0 Å². The lowest BCUT2D eigenvalue weighted by molar-refractivity contribution is 0.125. The Morgan fingerprint density at radius 2 is 1.62 bits per heavy atom. The van der Waals surface area contributed by atoms with Crippen molar-refractivity contribution in [2.45, 2.75) is 12.5 Å². The zero-order valence-corrected chi connectivity index (χ0v) is 19.2. The third-order valence-corrected chi connectivity index (χ3v) is 6.23. The van der Waals surface area contributed by atoms with Crippen LogP contribution in [-0.2, 0) is 5.60 Å². The lowest BCUT2D eigenvalue weighted by Gasteiger charge is -2.30. The van der Waals surface area contributed by atoms with Crippen LogP contribution in [0.4, 0.5) is 0 Å². The summed E-state index contributed by atoms with van der Waals surface area (Å²) in [6, 6.07) is 30.4. The van der Waals surface area contributed by atoms with Crippen molar-refractivity contribution in [1.82, 2.24) is 9.97 Å². The largest absolute Gasteiger partial charge is 0.376 e. The minimum absolute atomic E-state index is 0.360. The van der Waals surface area contributed by atoms with Crippen LogP contribution >= 0.6 is 11.6 Å². The number of hydrogen-bond acceptors (Lipinski definition) is 4. The van der Waals surface area contributed by atoms with E-state index in [1.807, 2.05) is 85.8 Å². The van der Waals surface area contributed by atoms with E-state index in [1.165, 1.54) is 0 Å². The molecule has 0 spiro atoms. The van der Waals surface area contributed by atoms with Gasteiger partial charge in [-0.2, -0.15) is 5.26 Å². The zero-order valence-electron chi connectivity index (χ0n) is 18.4. The Balaban J connectivity index is 1.75. The second-order valence-corrected chi connectivity index (χ2v) is 8.62. The first-order valence-corrected chi connectivity index (χ1v) is 11.2. The van der Waals surface area contributed by atoms with Gasteiger partial charge in [0.1, 0.15) is 17.4 Å². The molecule has 5 rings (SSSR count). The maximum absolute atomic E-state index is 12.2. The van der Waals surface area contributed by atoms with E-state index in [0.29, 0.717) is 32.9 Å². The molecule has 0 saturated heterocycles. The number of aliphatic hydroxyl groups is 1. The second-order valence-electron chi connectivity index (χ2n) is 8.18. The van der Waals surface area contributed by atoms with Crippen molar-refractivity contribution in [1.29, 1.82) is 5.26 Å². The van der Waals surface area contributed by atoms with Gasteiger partial charge in [-0.1, -0.05) is 66.2 Å². The van der Waals surface area contributed by atoms with Crippen molar-refractivity contribution in [2.75, 3.05) is 0 Å². The molecule has 164 valence electrons. The third-order valence-electron chi connectivity index (χ3n) is 5.99. The molecule has 0 aliphatic carbocycles. The van der Waals surface area contributed by atoms with Crippen LogP contribution in [0.5, 0.6) is 0 Å². The fraction of sp³-hybridized carbons (Fsp3) is 0.0690. The van der Waals surface area contributed by atoms with Crippen molar-refractivity contribution < 1.29 is 5.11 Å². The SMILES string of the molecule is Cc1ccc(C(O)(c2cccc(Cl)c2)c2ccc3nc(C#N)c(-c4ccccc4)cc3c2)cn1. The molecular formula is C29H20ClN3O. The van der Waals surface area contributed by atoms with E-state index >= 15 is 0 Å². The van der Waals surface area contributed by atoms with Gasteiger partial charge in [-0.3, -0.25) is 4.98 Å². The van der Waals surface area contributed by atoms with Crippen molar-refractivity contribution >= 4 is 22.5 Å². The van der Waals surface area contributed by atoms with Crippen LogP contribution in [-0.4, -0.2) is 15.1 Å². The van der Waals surface area contributed by atoms with Crippen molar-refractivity contribution in [3.05, 3.63) is 130 Å².